The lowest BCUT2D eigenvalue weighted by Gasteiger charge is -2.18. The molecule has 0 amide bonds. The van der Waals surface area contributed by atoms with Crippen LogP contribution in [-0.2, 0) is 14.9 Å². The van der Waals surface area contributed by atoms with Gasteiger partial charge in [0.15, 0.2) is 0 Å². The van der Waals surface area contributed by atoms with Gasteiger partial charge in [-0.3, -0.25) is 4.79 Å². The van der Waals surface area contributed by atoms with E-state index in [-0.39, 0.29) is 11.4 Å². The summed E-state index contributed by atoms with van der Waals surface area (Å²) >= 11 is 0. The fourth-order valence-electron chi connectivity index (χ4n) is 1.34. The van der Waals surface area contributed by atoms with Crippen LogP contribution < -0.4 is 5.32 Å². The Labute approximate surface area is 102 Å². The van der Waals surface area contributed by atoms with Gasteiger partial charge in [0.1, 0.15) is 5.82 Å². The van der Waals surface area contributed by atoms with E-state index in [4.69, 9.17) is 0 Å². The molecule has 0 radical (unpaired) electrons. The second-order valence-electron chi connectivity index (χ2n) is 4.94. The number of methoxy groups -OCH3 is 1. The molecule has 0 saturated heterocycles. The molecule has 1 rings (SSSR count). The molecule has 0 unspecified atom stereocenters. The maximum atomic E-state index is 10.9. The van der Waals surface area contributed by atoms with Crippen molar-refractivity contribution in [2.45, 2.75) is 32.6 Å². The lowest BCUT2D eigenvalue weighted by atomic mass is 9.88. The van der Waals surface area contributed by atoms with Crippen LogP contribution in [0.15, 0.2) is 18.3 Å². The van der Waals surface area contributed by atoms with Crippen LogP contribution >= 0.6 is 0 Å². The van der Waals surface area contributed by atoms with Crippen LogP contribution in [0.3, 0.4) is 0 Å². The minimum atomic E-state index is -0.219. The van der Waals surface area contributed by atoms with Crippen LogP contribution in [0.5, 0.6) is 0 Å². The molecule has 94 valence electrons. The van der Waals surface area contributed by atoms with Crippen LogP contribution in [0.25, 0.3) is 0 Å². The molecule has 0 bridgehead atoms. The third-order valence-corrected chi connectivity index (χ3v) is 2.49. The van der Waals surface area contributed by atoms with Crippen molar-refractivity contribution in [1.82, 2.24) is 4.98 Å². The number of hydrogen-bond acceptors (Lipinski definition) is 4. The first kappa shape index (κ1) is 13.5. The smallest absolute Gasteiger partial charge is 0.307 e. The highest BCUT2D eigenvalue weighted by atomic mass is 16.5. The summed E-state index contributed by atoms with van der Waals surface area (Å²) in [5, 5.41) is 3.08. The van der Waals surface area contributed by atoms with E-state index in [1.165, 1.54) is 12.7 Å². The van der Waals surface area contributed by atoms with E-state index in [1.54, 1.807) is 0 Å². The van der Waals surface area contributed by atoms with Crippen molar-refractivity contribution >= 4 is 11.8 Å². The average molecular weight is 236 g/mol. The molecule has 0 fully saturated rings. The number of pyridine rings is 1. The Bertz CT molecular complexity index is 366. The maximum absolute atomic E-state index is 10.9. The van der Waals surface area contributed by atoms with Crippen LogP contribution in [0.1, 0.15) is 32.8 Å². The van der Waals surface area contributed by atoms with E-state index in [0.29, 0.717) is 13.0 Å². The minimum Gasteiger partial charge on any atom is -0.469 e. The monoisotopic (exact) mass is 236 g/mol. The molecular formula is C13H20N2O2. The molecule has 4 heteroatoms. The molecule has 0 aromatic carbocycles. The summed E-state index contributed by atoms with van der Waals surface area (Å²) in [4.78, 5) is 15.2. The van der Waals surface area contributed by atoms with Gasteiger partial charge in [-0.15, -0.1) is 0 Å². The molecule has 0 saturated carbocycles. The number of ether oxygens (including phenoxy) is 1. The summed E-state index contributed by atoms with van der Waals surface area (Å²) in [5.41, 5.74) is 1.30. The summed E-state index contributed by atoms with van der Waals surface area (Å²) < 4.78 is 4.55. The topological polar surface area (TPSA) is 51.2 Å². The molecule has 1 aromatic rings. The highest BCUT2D eigenvalue weighted by Crippen LogP contribution is 2.21. The molecule has 0 aliphatic heterocycles. The fraction of sp³-hybridized carbons (Fsp3) is 0.538. The lowest BCUT2D eigenvalue weighted by molar-refractivity contribution is -0.140. The highest BCUT2D eigenvalue weighted by Gasteiger charge is 2.13. The van der Waals surface area contributed by atoms with Crippen molar-refractivity contribution < 1.29 is 9.53 Å². The molecule has 4 nitrogen and oxygen atoms in total. The second-order valence-corrected chi connectivity index (χ2v) is 4.94. The SMILES string of the molecule is COC(=O)CCNc1ccc(C(C)(C)C)cn1. The van der Waals surface area contributed by atoms with E-state index in [9.17, 15) is 4.79 Å². The number of esters is 1. The Morgan fingerprint density at radius 3 is 2.59 bits per heavy atom. The van der Waals surface area contributed by atoms with Crippen LogP contribution in [-0.4, -0.2) is 24.6 Å². The zero-order valence-corrected chi connectivity index (χ0v) is 10.9. The quantitative estimate of drug-likeness (QED) is 0.815. The van der Waals surface area contributed by atoms with Crippen molar-refractivity contribution in [3.05, 3.63) is 23.9 Å². The van der Waals surface area contributed by atoms with Crippen molar-refractivity contribution in [3.8, 4) is 0 Å². The Kier molecular flexibility index (Phi) is 4.49. The third-order valence-electron chi connectivity index (χ3n) is 2.49. The van der Waals surface area contributed by atoms with Gasteiger partial charge in [-0.1, -0.05) is 26.8 Å². The second kappa shape index (κ2) is 5.66. The van der Waals surface area contributed by atoms with Crippen molar-refractivity contribution in [3.63, 3.8) is 0 Å². The van der Waals surface area contributed by atoms with Gasteiger partial charge in [0.05, 0.1) is 13.5 Å². The number of hydrogen-bond donors (Lipinski definition) is 1. The van der Waals surface area contributed by atoms with Crippen molar-refractivity contribution in [2.75, 3.05) is 19.0 Å². The zero-order chi connectivity index (χ0) is 12.9. The van der Waals surface area contributed by atoms with Gasteiger partial charge in [0, 0.05) is 12.7 Å². The molecule has 0 aliphatic rings. The standard InChI is InChI=1S/C13H20N2O2/c1-13(2,3)10-5-6-11(15-9-10)14-8-7-12(16)17-4/h5-6,9H,7-8H2,1-4H3,(H,14,15). The number of anilines is 1. The molecule has 17 heavy (non-hydrogen) atoms. The molecular weight excluding hydrogens is 216 g/mol. The summed E-state index contributed by atoms with van der Waals surface area (Å²) in [6.07, 6.45) is 2.21. The Balaban J connectivity index is 2.49. The normalized spacial score (nSPS) is 11.1. The van der Waals surface area contributed by atoms with Gasteiger partial charge in [-0.2, -0.15) is 0 Å². The molecule has 1 N–H and O–H groups in total. The Morgan fingerprint density at radius 2 is 2.12 bits per heavy atom. The maximum Gasteiger partial charge on any atom is 0.307 e. The van der Waals surface area contributed by atoms with E-state index < -0.39 is 0 Å². The minimum absolute atomic E-state index is 0.109. The highest BCUT2D eigenvalue weighted by molar-refractivity contribution is 5.69. The van der Waals surface area contributed by atoms with E-state index in [1.807, 2.05) is 18.3 Å². The molecule has 0 atom stereocenters. The lowest BCUT2D eigenvalue weighted by Crippen LogP contribution is -2.13. The zero-order valence-electron chi connectivity index (χ0n) is 10.9. The third kappa shape index (κ3) is 4.43. The van der Waals surface area contributed by atoms with E-state index in [2.05, 4.69) is 35.8 Å². The fourth-order valence-corrected chi connectivity index (χ4v) is 1.34. The van der Waals surface area contributed by atoms with E-state index in [0.717, 1.165) is 5.82 Å². The summed E-state index contributed by atoms with van der Waals surface area (Å²) in [5.74, 6) is 0.561. The molecule has 0 spiro atoms. The first-order chi connectivity index (χ1) is 7.93. The summed E-state index contributed by atoms with van der Waals surface area (Å²) in [6, 6.07) is 3.98. The predicted octanol–water partition coefficient (Wildman–Crippen LogP) is 2.35. The number of carbonyl (C=O) groups excluding carboxylic acids is 1. The van der Waals surface area contributed by atoms with E-state index >= 15 is 0 Å². The number of nitrogens with one attached hydrogen (secondary N) is 1. The number of rotatable bonds is 4. The number of carbonyl (C=O) groups is 1. The van der Waals surface area contributed by atoms with Crippen molar-refractivity contribution in [2.24, 2.45) is 0 Å². The molecule has 1 aromatic heterocycles. The first-order valence-electron chi connectivity index (χ1n) is 5.70. The van der Waals surface area contributed by atoms with Gasteiger partial charge in [-0.05, 0) is 17.0 Å². The summed E-state index contributed by atoms with van der Waals surface area (Å²) in [6.45, 7) is 6.98. The molecule has 1 heterocycles. The predicted molar refractivity (Wildman–Crippen MR) is 68.1 cm³/mol. The van der Waals surface area contributed by atoms with Gasteiger partial charge < -0.3 is 10.1 Å². The number of aromatic nitrogens is 1. The first-order valence-corrected chi connectivity index (χ1v) is 5.70. The van der Waals surface area contributed by atoms with Crippen LogP contribution in [0.4, 0.5) is 5.82 Å². The van der Waals surface area contributed by atoms with Gasteiger partial charge >= 0.3 is 5.97 Å². The van der Waals surface area contributed by atoms with Gasteiger partial charge in [0.25, 0.3) is 0 Å². The Morgan fingerprint density at radius 1 is 1.41 bits per heavy atom. The number of nitrogens with zero attached hydrogens (tertiary/aromatic N) is 1. The summed E-state index contributed by atoms with van der Waals surface area (Å²) in [7, 11) is 1.39. The molecule has 0 aliphatic carbocycles. The van der Waals surface area contributed by atoms with Crippen LogP contribution in [0.2, 0.25) is 0 Å². The van der Waals surface area contributed by atoms with Gasteiger partial charge in [0.2, 0.25) is 0 Å². The van der Waals surface area contributed by atoms with Crippen LogP contribution in [0, 0.1) is 0 Å². The average Bonchev–Trinajstić information content (AvgIpc) is 2.28. The van der Waals surface area contributed by atoms with Crippen molar-refractivity contribution in [1.29, 1.82) is 0 Å². The Hall–Kier alpha value is -1.58. The largest absolute Gasteiger partial charge is 0.469 e. The van der Waals surface area contributed by atoms with Gasteiger partial charge in [-0.25, -0.2) is 4.98 Å².